The maximum absolute atomic E-state index is 13.2. The Labute approximate surface area is 182 Å². The van der Waals surface area contributed by atoms with E-state index in [2.05, 4.69) is 18.3 Å². The Morgan fingerprint density at radius 1 is 1.23 bits per heavy atom. The summed E-state index contributed by atoms with van der Waals surface area (Å²) in [5.74, 6) is -0.235. The number of nitriles is 1. The molecular formula is C24H27N3O2S. The molecule has 2 atom stereocenters. The van der Waals surface area contributed by atoms with Crippen molar-refractivity contribution in [2.75, 3.05) is 11.1 Å². The molecular weight excluding hydrogens is 394 g/mol. The number of furan rings is 1. The maximum Gasteiger partial charge on any atom is 0.254 e. The molecule has 2 aromatic rings. The highest BCUT2D eigenvalue weighted by Crippen LogP contribution is 2.41. The predicted octanol–water partition coefficient (Wildman–Crippen LogP) is 6.14. The van der Waals surface area contributed by atoms with Gasteiger partial charge >= 0.3 is 0 Å². The molecule has 1 aromatic heterocycles. The van der Waals surface area contributed by atoms with Crippen molar-refractivity contribution in [1.29, 1.82) is 5.26 Å². The molecule has 1 aromatic carbocycles. The number of para-hydroxylation sites is 1. The smallest absolute Gasteiger partial charge is 0.254 e. The maximum atomic E-state index is 13.2. The predicted molar refractivity (Wildman–Crippen MR) is 122 cm³/mol. The second-order valence-corrected chi connectivity index (χ2v) is 8.43. The van der Waals surface area contributed by atoms with E-state index in [9.17, 15) is 10.1 Å². The van der Waals surface area contributed by atoms with Crippen LogP contribution in [0.4, 0.5) is 5.69 Å². The van der Waals surface area contributed by atoms with Crippen molar-refractivity contribution in [3.05, 3.63) is 65.8 Å². The highest BCUT2D eigenvalue weighted by molar-refractivity contribution is 8.14. The van der Waals surface area contributed by atoms with Crippen molar-refractivity contribution in [1.82, 2.24) is 0 Å². The number of nitrogens with zero attached hydrogens (tertiary/aromatic N) is 2. The summed E-state index contributed by atoms with van der Waals surface area (Å²) in [5.41, 5.74) is 2.69. The Kier molecular flexibility index (Phi) is 7.92. The molecule has 6 heteroatoms. The van der Waals surface area contributed by atoms with E-state index < -0.39 is 11.8 Å². The average Bonchev–Trinajstić information content (AvgIpc) is 3.28. The summed E-state index contributed by atoms with van der Waals surface area (Å²) in [4.78, 5) is 17.9. The summed E-state index contributed by atoms with van der Waals surface area (Å²) < 4.78 is 5.29. The lowest BCUT2D eigenvalue weighted by molar-refractivity contribution is -0.113. The molecule has 0 bridgehead atoms. The lowest BCUT2D eigenvalue weighted by Crippen LogP contribution is -2.31. The van der Waals surface area contributed by atoms with Gasteiger partial charge in [0.1, 0.15) is 5.92 Å². The van der Waals surface area contributed by atoms with Gasteiger partial charge in [0.15, 0.2) is 0 Å². The number of unbranched alkanes of at least 4 members (excludes halogenated alkanes) is 3. The number of anilines is 1. The third kappa shape index (κ3) is 5.22. The van der Waals surface area contributed by atoms with E-state index in [1.54, 1.807) is 24.3 Å². The van der Waals surface area contributed by atoms with Gasteiger partial charge in [0.25, 0.3) is 5.91 Å². The van der Waals surface area contributed by atoms with Crippen LogP contribution in [-0.4, -0.2) is 16.7 Å². The van der Waals surface area contributed by atoms with Crippen LogP contribution >= 0.6 is 11.8 Å². The van der Waals surface area contributed by atoms with Crippen LogP contribution in [0.3, 0.4) is 0 Å². The number of amides is 1. The lowest BCUT2D eigenvalue weighted by atomic mass is 9.79. The molecule has 0 spiro atoms. The number of allylic oxidation sites excluding steroid dienone is 1. The number of rotatable bonds is 8. The Balaban J connectivity index is 1.89. The van der Waals surface area contributed by atoms with E-state index in [0.717, 1.165) is 22.8 Å². The molecule has 30 heavy (non-hydrogen) atoms. The van der Waals surface area contributed by atoms with Crippen molar-refractivity contribution < 1.29 is 9.21 Å². The Morgan fingerprint density at radius 3 is 2.70 bits per heavy atom. The SMILES string of the molecule is CCCCCCSC1=NC(C)=C(C(=O)Nc2ccccc2)C(c2ccoc2)C1C#N. The number of nitrogens with one attached hydrogen (secondary N) is 1. The molecule has 0 aliphatic carbocycles. The molecule has 0 saturated carbocycles. The van der Waals surface area contributed by atoms with Crippen molar-refractivity contribution in [2.24, 2.45) is 10.9 Å². The third-order valence-electron chi connectivity index (χ3n) is 5.14. The van der Waals surface area contributed by atoms with Crippen LogP contribution in [-0.2, 0) is 4.79 Å². The molecule has 1 N–H and O–H groups in total. The Hall–Kier alpha value is -2.78. The summed E-state index contributed by atoms with van der Waals surface area (Å²) in [5, 5.41) is 13.8. The van der Waals surface area contributed by atoms with E-state index in [-0.39, 0.29) is 5.91 Å². The van der Waals surface area contributed by atoms with Crippen LogP contribution in [0.5, 0.6) is 0 Å². The van der Waals surface area contributed by atoms with Gasteiger partial charge < -0.3 is 9.73 Å². The first kappa shape index (κ1) is 21.9. The second kappa shape index (κ2) is 10.8. The molecule has 1 aliphatic rings. The minimum Gasteiger partial charge on any atom is -0.472 e. The number of hydrogen-bond acceptors (Lipinski definition) is 5. The molecule has 2 heterocycles. The van der Waals surface area contributed by atoms with Gasteiger partial charge in [-0.15, -0.1) is 11.8 Å². The van der Waals surface area contributed by atoms with Crippen molar-refractivity contribution >= 4 is 28.4 Å². The molecule has 0 radical (unpaired) electrons. The zero-order valence-electron chi connectivity index (χ0n) is 17.4. The topological polar surface area (TPSA) is 78.4 Å². The first-order valence-electron chi connectivity index (χ1n) is 10.4. The summed E-state index contributed by atoms with van der Waals surface area (Å²) in [7, 11) is 0. The molecule has 0 saturated heterocycles. The van der Waals surface area contributed by atoms with Crippen LogP contribution in [0, 0.1) is 17.2 Å². The van der Waals surface area contributed by atoms with Crippen LogP contribution in [0.1, 0.15) is 51.0 Å². The standard InChI is InChI=1S/C24H27N3O2S/c1-3-4-5-9-14-30-24-20(15-25)22(18-12-13-29-16-18)21(17(2)26-24)23(28)27-19-10-7-6-8-11-19/h6-8,10-13,16,20,22H,3-5,9,14H2,1-2H3,(H,27,28). The third-order valence-corrected chi connectivity index (χ3v) is 6.28. The normalized spacial score (nSPS) is 18.6. The van der Waals surface area contributed by atoms with Gasteiger partial charge in [0, 0.05) is 22.9 Å². The van der Waals surface area contributed by atoms with Crippen LogP contribution < -0.4 is 5.32 Å². The Morgan fingerprint density at radius 2 is 2.03 bits per heavy atom. The molecule has 2 unspecified atom stereocenters. The molecule has 1 aliphatic heterocycles. The van der Waals surface area contributed by atoms with Crippen LogP contribution in [0.2, 0.25) is 0 Å². The average molecular weight is 422 g/mol. The van der Waals surface area contributed by atoms with Gasteiger partial charge in [-0.1, -0.05) is 44.4 Å². The molecule has 3 rings (SSSR count). The van der Waals surface area contributed by atoms with Gasteiger partial charge in [0.05, 0.1) is 23.6 Å². The number of benzene rings is 1. The fourth-order valence-corrected chi connectivity index (χ4v) is 4.75. The fraction of sp³-hybridized carbons (Fsp3) is 0.375. The van der Waals surface area contributed by atoms with Crippen molar-refractivity contribution in [3.63, 3.8) is 0 Å². The fourth-order valence-electron chi connectivity index (χ4n) is 3.62. The highest BCUT2D eigenvalue weighted by atomic mass is 32.2. The minimum atomic E-state index is -0.515. The molecule has 1 amide bonds. The summed E-state index contributed by atoms with van der Waals surface area (Å²) in [6, 6.07) is 13.5. The minimum absolute atomic E-state index is 0.235. The number of aliphatic imine (C=N–C) groups is 1. The molecule has 5 nitrogen and oxygen atoms in total. The zero-order chi connectivity index (χ0) is 21.3. The quantitative estimate of drug-likeness (QED) is 0.519. The number of thioether (sulfide) groups is 1. The van der Waals surface area contributed by atoms with E-state index in [4.69, 9.17) is 9.41 Å². The van der Waals surface area contributed by atoms with Gasteiger partial charge in [-0.2, -0.15) is 5.26 Å². The van der Waals surface area contributed by atoms with E-state index >= 15 is 0 Å². The summed E-state index contributed by atoms with van der Waals surface area (Å²) >= 11 is 1.63. The lowest BCUT2D eigenvalue weighted by Gasteiger charge is -2.29. The summed E-state index contributed by atoms with van der Waals surface area (Å²) in [6.45, 7) is 4.04. The summed E-state index contributed by atoms with van der Waals surface area (Å²) in [6.07, 6.45) is 7.88. The molecule has 156 valence electrons. The monoisotopic (exact) mass is 421 g/mol. The van der Waals surface area contributed by atoms with Gasteiger partial charge in [-0.05, 0) is 42.9 Å². The van der Waals surface area contributed by atoms with E-state index in [1.165, 1.54) is 19.3 Å². The number of carbonyl (C=O) groups excluding carboxylic acids is 1. The first-order chi connectivity index (χ1) is 14.7. The van der Waals surface area contributed by atoms with Gasteiger partial charge in [-0.25, -0.2) is 4.99 Å². The van der Waals surface area contributed by atoms with Crippen molar-refractivity contribution in [3.8, 4) is 6.07 Å². The van der Waals surface area contributed by atoms with Gasteiger partial charge in [-0.3, -0.25) is 4.79 Å². The van der Waals surface area contributed by atoms with Crippen molar-refractivity contribution in [2.45, 2.75) is 45.4 Å². The highest BCUT2D eigenvalue weighted by Gasteiger charge is 2.39. The van der Waals surface area contributed by atoms with Crippen LogP contribution in [0.25, 0.3) is 0 Å². The van der Waals surface area contributed by atoms with E-state index in [0.29, 0.717) is 17.0 Å². The van der Waals surface area contributed by atoms with Crippen LogP contribution in [0.15, 0.2) is 69.6 Å². The molecule has 0 fully saturated rings. The van der Waals surface area contributed by atoms with Gasteiger partial charge in [0.2, 0.25) is 0 Å². The van der Waals surface area contributed by atoms with E-state index in [1.807, 2.05) is 43.3 Å². The number of carbonyl (C=O) groups is 1. The first-order valence-corrected chi connectivity index (χ1v) is 11.3. The second-order valence-electron chi connectivity index (χ2n) is 7.32. The number of hydrogen-bond donors (Lipinski definition) is 1. The Bertz CT molecular complexity index is 943. The zero-order valence-corrected chi connectivity index (χ0v) is 18.2. The largest absolute Gasteiger partial charge is 0.472 e.